The lowest BCUT2D eigenvalue weighted by Crippen LogP contribution is -2.22. The summed E-state index contributed by atoms with van der Waals surface area (Å²) in [6, 6.07) is 8.89. The average Bonchev–Trinajstić information content (AvgIpc) is 2.39. The van der Waals surface area contributed by atoms with Gasteiger partial charge in [0.15, 0.2) is 0 Å². The molecule has 0 aliphatic heterocycles. The molecular weight excluding hydrogens is 226 g/mol. The van der Waals surface area contributed by atoms with E-state index in [1.54, 1.807) is 24.3 Å². The van der Waals surface area contributed by atoms with Crippen LogP contribution in [-0.2, 0) is 4.79 Å². The van der Waals surface area contributed by atoms with Crippen molar-refractivity contribution >= 4 is 11.6 Å². The second-order valence-electron chi connectivity index (χ2n) is 4.09. The maximum absolute atomic E-state index is 11.6. The first-order valence-corrected chi connectivity index (χ1v) is 6.27. The fourth-order valence-electron chi connectivity index (χ4n) is 1.48. The predicted octanol–water partition coefficient (Wildman–Crippen LogP) is 2.28. The molecule has 0 atom stereocenters. The molecule has 1 aromatic rings. The third kappa shape index (κ3) is 5.46. The first-order chi connectivity index (χ1) is 8.76. The first kappa shape index (κ1) is 14.2. The van der Waals surface area contributed by atoms with Crippen molar-refractivity contribution in [2.75, 3.05) is 18.4 Å². The van der Waals surface area contributed by atoms with Gasteiger partial charge in [-0.05, 0) is 37.2 Å². The number of unbranched alkanes of at least 4 members (excludes halogenated alkanes) is 1. The number of nitrogens with one attached hydrogen (secondary N) is 2. The van der Waals surface area contributed by atoms with E-state index in [-0.39, 0.29) is 5.91 Å². The summed E-state index contributed by atoms with van der Waals surface area (Å²) in [5.41, 5.74) is 1.32. The van der Waals surface area contributed by atoms with Crippen molar-refractivity contribution in [3.8, 4) is 6.07 Å². The maximum atomic E-state index is 11.6. The van der Waals surface area contributed by atoms with Gasteiger partial charge in [-0.25, -0.2) is 0 Å². The highest BCUT2D eigenvalue weighted by molar-refractivity contribution is 5.90. The lowest BCUT2D eigenvalue weighted by atomic mass is 10.2. The van der Waals surface area contributed by atoms with Crippen LogP contribution >= 0.6 is 0 Å². The van der Waals surface area contributed by atoms with E-state index in [1.165, 1.54) is 0 Å². The third-order valence-electron chi connectivity index (χ3n) is 2.53. The maximum Gasteiger partial charge on any atom is 0.225 e. The Balaban J connectivity index is 2.25. The van der Waals surface area contributed by atoms with Gasteiger partial charge in [-0.3, -0.25) is 4.79 Å². The van der Waals surface area contributed by atoms with Crippen LogP contribution in [0.3, 0.4) is 0 Å². The van der Waals surface area contributed by atoms with E-state index >= 15 is 0 Å². The standard InChI is InChI=1S/C14H19N3O/c1-2-3-9-16-10-8-14(18)17-13-6-4-12(11-15)5-7-13/h4-7,16H,2-3,8-10H2,1H3,(H,17,18). The van der Waals surface area contributed by atoms with Crippen LogP contribution in [0.5, 0.6) is 0 Å². The minimum Gasteiger partial charge on any atom is -0.326 e. The molecule has 0 radical (unpaired) electrons. The molecule has 0 aliphatic carbocycles. The molecule has 0 aromatic heterocycles. The normalized spacial score (nSPS) is 9.78. The van der Waals surface area contributed by atoms with Gasteiger partial charge in [-0.2, -0.15) is 5.26 Å². The Hall–Kier alpha value is -1.86. The quantitative estimate of drug-likeness (QED) is 0.724. The lowest BCUT2D eigenvalue weighted by Gasteiger charge is -2.06. The van der Waals surface area contributed by atoms with Gasteiger partial charge in [0.05, 0.1) is 11.6 Å². The number of hydrogen-bond acceptors (Lipinski definition) is 3. The Morgan fingerprint density at radius 2 is 2.00 bits per heavy atom. The SMILES string of the molecule is CCCCNCCC(=O)Nc1ccc(C#N)cc1. The van der Waals surface area contributed by atoms with Gasteiger partial charge in [0.2, 0.25) is 5.91 Å². The van der Waals surface area contributed by atoms with Gasteiger partial charge in [0.25, 0.3) is 0 Å². The molecule has 1 aromatic carbocycles. The van der Waals surface area contributed by atoms with Gasteiger partial charge in [0, 0.05) is 18.7 Å². The Bertz CT molecular complexity index is 406. The summed E-state index contributed by atoms with van der Waals surface area (Å²) >= 11 is 0. The molecule has 4 nitrogen and oxygen atoms in total. The van der Waals surface area contributed by atoms with Crippen LogP contribution in [0.15, 0.2) is 24.3 Å². The van der Waals surface area contributed by atoms with Gasteiger partial charge in [-0.15, -0.1) is 0 Å². The van der Waals surface area contributed by atoms with Crippen molar-refractivity contribution in [1.29, 1.82) is 5.26 Å². The molecule has 0 saturated carbocycles. The molecule has 0 saturated heterocycles. The van der Waals surface area contributed by atoms with E-state index in [2.05, 4.69) is 17.6 Å². The van der Waals surface area contributed by atoms with Crippen molar-refractivity contribution < 1.29 is 4.79 Å². The lowest BCUT2D eigenvalue weighted by molar-refractivity contribution is -0.116. The summed E-state index contributed by atoms with van der Waals surface area (Å²) in [5, 5.41) is 14.7. The summed E-state index contributed by atoms with van der Waals surface area (Å²) in [6.45, 7) is 3.79. The smallest absolute Gasteiger partial charge is 0.225 e. The number of nitrogens with zero attached hydrogens (tertiary/aromatic N) is 1. The number of carbonyl (C=O) groups excluding carboxylic acids is 1. The summed E-state index contributed by atoms with van der Waals surface area (Å²) in [4.78, 5) is 11.6. The zero-order valence-electron chi connectivity index (χ0n) is 10.7. The Labute approximate surface area is 108 Å². The van der Waals surface area contributed by atoms with E-state index in [1.807, 2.05) is 6.07 Å². The monoisotopic (exact) mass is 245 g/mol. The minimum absolute atomic E-state index is 0.0105. The van der Waals surface area contributed by atoms with Crippen LogP contribution in [0.25, 0.3) is 0 Å². The molecule has 0 fully saturated rings. The van der Waals surface area contributed by atoms with E-state index in [9.17, 15) is 4.79 Å². The van der Waals surface area contributed by atoms with Gasteiger partial charge >= 0.3 is 0 Å². The number of nitriles is 1. The number of amides is 1. The van der Waals surface area contributed by atoms with Crippen molar-refractivity contribution in [3.05, 3.63) is 29.8 Å². The van der Waals surface area contributed by atoms with Crippen molar-refractivity contribution in [2.24, 2.45) is 0 Å². The molecular formula is C14H19N3O. The van der Waals surface area contributed by atoms with Crippen molar-refractivity contribution in [3.63, 3.8) is 0 Å². The van der Waals surface area contributed by atoms with Crippen LogP contribution in [0.1, 0.15) is 31.7 Å². The number of carbonyl (C=O) groups is 1. The van der Waals surface area contributed by atoms with Crippen molar-refractivity contribution in [1.82, 2.24) is 5.32 Å². The molecule has 1 rings (SSSR count). The Morgan fingerprint density at radius 3 is 2.61 bits per heavy atom. The largest absolute Gasteiger partial charge is 0.326 e. The highest BCUT2D eigenvalue weighted by Crippen LogP contribution is 2.08. The first-order valence-electron chi connectivity index (χ1n) is 6.27. The van der Waals surface area contributed by atoms with Crippen molar-refractivity contribution in [2.45, 2.75) is 26.2 Å². The minimum atomic E-state index is -0.0105. The Kier molecular flexibility index (Phi) is 6.52. The summed E-state index contributed by atoms with van der Waals surface area (Å²) in [5.74, 6) is -0.0105. The summed E-state index contributed by atoms with van der Waals surface area (Å²) in [6.07, 6.45) is 2.76. The fraction of sp³-hybridized carbons (Fsp3) is 0.429. The van der Waals surface area contributed by atoms with Crippen LogP contribution in [0.2, 0.25) is 0 Å². The molecule has 4 heteroatoms. The molecule has 0 bridgehead atoms. The number of hydrogen-bond donors (Lipinski definition) is 2. The molecule has 0 heterocycles. The predicted molar refractivity (Wildman–Crippen MR) is 72.2 cm³/mol. The second kappa shape index (κ2) is 8.26. The van der Waals surface area contributed by atoms with Crippen LogP contribution in [0, 0.1) is 11.3 Å². The molecule has 0 unspecified atom stereocenters. The molecule has 18 heavy (non-hydrogen) atoms. The molecule has 96 valence electrons. The number of benzene rings is 1. The van der Waals surface area contributed by atoms with E-state index in [0.29, 0.717) is 18.5 Å². The highest BCUT2D eigenvalue weighted by Gasteiger charge is 2.01. The van der Waals surface area contributed by atoms with E-state index < -0.39 is 0 Å². The van der Waals surface area contributed by atoms with Crippen LogP contribution < -0.4 is 10.6 Å². The van der Waals surface area contributed by atoms with Gasteiger partial charge < -0.3 is 10.6 Å². The number of rotatable bonds is 7. The zero-order chi connectivity index (χ0) is 13.2. The Morgan fingerprint density at radius 1 is 1.28 bits per heavy atom. The summed E-state index contributed by atoms with van der Waals surface area (Å²) in [7, 11) is 0. The third-order valence-corrected chi connectivity index (χ3v) is 2.53. The average molecular weight is 245 g/mol. The zero-order valence-corrected chi connectivity index (χ0v) is 10.7. The van der Waals surface area contributed by atoms with E-state index in [4.69, 9.17) is 5.26 Å². The molecule has 0 spiro atoms. The molecule has 1 amide bonds. The second-order valence-corrected chi connectivity index (χ2v) is 4.09. The van der Waals surface area contributed by atoms with Crippen LogP contribution in [0.4, 0.5) is 5.69 Å². The molecule has 2 N–H and O–H groups in total. The van der Waals surface area contributed by atoms with Gasteiger partial charge in [-0.1, -0.05) is 13.3 Å². The van der Waals surface area contributed by atoms with E-state index in [0.717, 1.165) is 25.1 Å². The molecule has 0 aliphatic rings. The topological polar surface area (TPSA) is 64.9 Å². The van der Waals surface area contributed by atoms with Gasteiger partial charge in [0.1, 0.15) is 0 Å². The highest BCUT2D eigenvalue weighted by atomic mass is 16.1. The number of anilines is 1. The van der Waals surface area contributed by atoms with Crippen LogP contribution in [-0.4, -0.2) is 19.0 Å². The fourth-order valence-corrected chi connectivity index (χ4v) is 1.48. The summed E-state index contributed by atoms with van der Waals surface area (Å²) < 4.78 is 0.